The van der Waals surface area contributed by atoms with Gasteiger partial charge in [-0.05, 0) is 11.8 Å². The molecule has 1 heterocycles. The van der Waals surface area contributed by atoms with E-state index in [-0.39, 0.29) is 6.61 Å². The van der Waals surface area contributed by atoms with E-state index in [1.54, 1.807) is 7.85 Å². The van der Waals surface area contributed by atoms with E-state index in [4.69, 9.17) is 25.8 Å². The number of alkyl halides is 1. The standard InChI is InChI=1S/C7H15BFO4PS/c1-11-3-4-6(13-14(2,10)15)5(9)7(8)12-4/h4-7H,3,8H2,1-2H3,(H,10,15)/t4-,5-,6-,7-,14?/m1/s1. The number of hydrogen-bond acceptors (Lipinski definition) is 4. The first-order chi connectivity index (χ1) is 6.85. The third kappa shape index (κ3) is 3.77. The SMILES string of the molecule is B[C@@H]1O[C@H](COC)[C@@H](OP(C)(O)=S)[C@H]1F. The van der Waals surface area contributed by atoms with Crippen LogP contribution in [0.25, 0.3) is 0 Å². The van der Waals surface area contributed by atoms with Gasteiger partial charge in [0, 0.05) is 13.8 Å². The Labute approximate surface area is 94.7 Å². The Bertz CT molecular complexity index is 263. The van der Waals surface area contributed by atoms with Crippen molar-refractivity contribution < 1.29 is 23.3 Å². The molecule has 1 saturated heterocycles. The molecule has 1 fully saturated rings. The third-order valence-electron chi connectivity index (χ3n) is 2.17. The summed E-state index contributed by atoms with van der Waals surface area (Å²) >= 11 is 4.73. The van der Waals surface area contributed by atoms with E-state index in [0.717, 1.165) is 0 Å². The molecule has 5 atom stereocenters. The van der Waals surface area contributed by atoms with E-state index in [0.29, 0.717) is 0 Å². The molecule has 0 aromatic carbocycles. The first-order valence-corrected chi connectivity index (χ1v) is 7.74. The molecule has 1 unspecified atom stereocenters. The number of methoxy groups -OCH3 is 1. The number of hydrogen-bond donors (Lipinski definition) is 1. The van der Waals surface area contributed by atoms with Crippen LogP contribution in [0.1, 0.15) is 0 Å². The van der Waals surface area contributed by atoms with Crippen molar-refractivity contribution >= 4 is 26.1 Å². The monoisotopic (exact) mass is 256 g/mol. The van der Waals surface area contributed by atoms with Gasteiger partial charge in [-0.3, -0.25) is 0 Å². The van der Waals surface area contributed by atoms with Gasteiger partial charge in [-0.15, -0.1) is 0 Å². The zero-order valence-electron chi connectivity index (χ0n) is 8.92. The molecule has 1 rings (SSSR count). The van der Waals surface area contributed by atoms with E-state index < -0.39 is 30.9 Å². The smallest absolute Gasteiger partial charge is 0.183 e. The lowest BCUT2D eigenvalue weighted by molar-refractivity contribution is -0.0105. The molecule has 0 aromatic rings. The summed E-state index contributed by atoms with van der Waals surface area (Å²) in [6, 6.07) is -0.559. The van der Waals surface area contributed by atoms with Gasteiger partial charge in [0.05, 0.1) is 12.6 Å². The van der Waals surface area contributed by atoms with E-state index in [9.17, 15) is 9.28 Å². The van der Waals surface area contributed by atoms with Gasteiger partial charge in [-0.1, -0.05) is 0 Å². The van der Waals surface area contributed by atoms with Crippen molar-refractivity contribution in [3.05, 3.63) is 0 Å². The Morgan fingerprint density at radius 2 is 2.27 bits per heavy atom. The van der Waals surface area contributed by atoms with Crippen molar-refractivity contribution in [1.82, 2.24) is 0 Å². The number of rotatable bonds is 4. The van der Waals surface area contributed by atoms with Crippen LogP contribution in [0.2, 0.25) is 0 Å². The minimum Gasteiger partial charge on any atom is -0.382 e. The largest absolute Gasteiger partial charge is 0.382 e. The Kier molecular flexibility index (Phi) is 4.71. The lowest BCUT2D eigenvalue weighted by atomic mass is 9.94. The summed E-state index contributed by atoms with van der Waals surface area (Å²) in [6.45, 7) is -1.26. The first-order valence-electron chi connectivity index (χ1n) is 4.62. The van der Waals surface area contributed by atoms with E-state index >= 15 is 0 Å². The molecular weight excluding hydrogens is 241 g/mol. The summed E-state index contributed by atoms with van der Waals surface area (Å²) in [5.41, 5.74) is 0. The lowest BCUT2D eigenvalue weighted by Crippen LogP contribution is -2.33. The number of halogens is 1. The zero-order chi connectivity index (χ0) is 11.6. The summed E-state index contributed by atoms with van der Waals surface area (Å²) < 4.78 is 29.0. The quantitative estimate of drug-likeness (QED) is 0.550. The minimum atomic E-state index is -2.88. The van der Waals surface area contributed by atoms with Crippen LogP contribution in [0.5, 0.6) is 0 Å². The minimum absolute atomic E-state index is 0.227. The molecule has 1 N–H and O–H groups in total. The first kappa shape index (κ1) is 13.5. The highest BCUT2D eigenvalue weighted by atomic mass is 32.5. The second-order valence-electron chi connectivity index (χ2n) is 3.65. The van der Waals surface area contributed by atoms with Crippen molar-refractivity contribution in [2.75, 3.05) is 20.4 Å². The molecule has 0 amide bonds. The highest BCUT2D eigenvalue weighted by Crippen LogP contribution is 2.43. The topological polar surface area (TPSA) is 47.9 Å². The molecule has 0 aromatic heterocycles. The molecule has 1 aliphatic heterocycles. The summed E-state index contributed by atoms with van der Waals surface area (Å²) in [5, 5.41) is 0. The van der Waals surface area contributed by atoms with Crippen LogP contribution in [-0.4, -0.2) is 57.5 Å². The molecule has 0 spiro atoms. The molecule has 0 aliphatic carbocycles. The molecule has 0 radical (unpaired) electrons. The normalized spacial score (nSPS) is 40.3. The maximum absolute atomic E-state index is 13.6. The maximum Gasteiger partial charge on any atom is 0.183 e. The summed E-state index contributed by atoms with van der Waals surface area (Å²) in [7, 11) is 3.12. The van der Waals surface area contributed by atoms with Gasteiger partial charge < -0.3 is 18.9 Å². The average Bonchev–Trinajstić information content (AvgIpc) is 2.32. The second-order valence-corrected chi connectivity index (χ2v) is 7.50. The van der Waals surface area contributed by atoms with Gasteiger partial charge in [0.2, 0.25) is 0 Å². The molecule has 88 valence electrons. The lowest BCUT2D eigenvalue weighted by Gasteiger charge is -2.22. The van der Waals surface area contributed by atoms with Crippen LogP contribution in [-0.2, 0) is 25.8 Å². The predicted molar refractivity (Wildman–Crippen MR) is 61.3 cm³/mol. The van der Waals surface area contributed by atoms with Crippen molar-refractivity contribution in [2.24, 2.45) is 0 Å². The third-order valence-corrected chi connectivity index (χ3v) is 3.06. The maximum atomic E-state index is 13.6. The highest BCUT2D eigenvalue weighted by Gasteiger charge is 2.44. The van der Waals surface area contributed by atoms with Crippen LogP contribution < -0.4 is 0 Å². The van der Waals surface area contributed by atoms with E-state index in [1.807, 2.05) is 0 Å². The van der Waals surface area contributed by atoms with Gasteiger partial charge >= 0.3 is 0 Å². The van der Waals surface area contributed by atoms with Crippen molar-refractivity contribution in [3.63, 3.8) is 0 Å². The fourth-order valence-corrected chi connectivity index (χ4v) is 2.55. The van der Waals surface area contributed by atoms with Crippen molar-refractivity contribution in [2.45, 2.75) is 24.4 Å². The average molecular weight is 256 g/mol. The Hall–Kier alpha value is 0.485. The fourth-order valence-electron chi connectivity index (χ4n) is 1.55. The van der Waals surface area contributed by atoms with Gasteiger partial charge in [0.15, 0.2) is 6.49 Å². The molecule has 0 bridgehead atoms. The van der Waals surface area contributed by atoms with Crippen LogP contribution in [0, 0.1) is 0 Å². The van der Waals surface area contributed by atoms with E-state index in [1.165, 1.54) is 13.8 Å². The molecule has 15 heavy (non-hydrogen) atoms. The van der Waals surface area contributed by atoms with E-state index in [2.05, 4.69) is 0 Å². The van der Waals surface area contributed by atoms with Crippen LogP contribution >= 0.6 is 6.49 Å². The summed E-state index contributed by atoms with van der Waals surface area (Å²) in [5.74, 6) is 0. The van der Waals surface area contributed by atoms with Crippen molar-refractivity contribution in [1.29, 1.82) is 0 Å². The van der Waals surface area contributed by atoms with Crippen LogP contribution in [0.3, 0.4) is 0 Å². The van der Waals surface area contributed by atoms with Gasteiger partial charge in [0.25, 0.3) is 0 Å². The molecule has 8 heteroatoms. The Morgan fingerprint density at radius 1 is 1.67 bits per heavy atom. The molecule has 1 aliphatic rings. The molecule has 0 saturated carbocycles. The molecule has 4 nitrogen and oxygen atoms in total. The number of ether oxygens (including phenoxy) is 2. The van der Waals surface area contributed by atoms with Gasteiger partial charge in [-0.2, -0.15) is 0 Å². The zero-order valence-corrected chi connectivity index (χ0v) is 10.6. The fraction of sp³-hybridized carbons (Fsp3) is 1.00. The van der Waals surface area contributed by atoms with Crippen LogP contribution in [0.4, 0.5) is 4.39 Å². The van der Waals surface area contributed by atoms with Gasteiger partial charge in [-0.25, -0.2) is 4.39 Å². The van der Waals surface area contributed by atoms with Crippen LogP contribution in [0.15, 0.2) is 0 Å². The molecular formula is C7H15BFO4PS. The second kappa shape index (κ2) is 5.21. The Balaban J connectivity index is 2.68. The Morgan fingerprint density at radius 3 is 2.73 bits per heavy atom. The summed E-state index contributed by atoms with van der Waals surface area (Å²) in [4.78, 5) is 9.41. The highest BCUT2D eigenvalue weighted by molar-refractivity contribution is 8.09. The van der Waals surface area contributed by atoms with Crippen molar-refractivity contribution in [3.8, 4) is 0 Å². The van der Waals surface area contributed by atoms with Gasteiger partial charge in [0.1, 0.15) is 26.2 Å². The summed E-state index contributed by atoms with van der Waals surface area (Å²) in [6.07, 6.45) is -2.62. The predicted octanol–water partition coefficient (Wildman–Crippen LogP) is -0.354.